The maximum Gasteiger partial charge on any atom is 0.496 e. The molecule has 120 valence electrons. The van der Waals surface area contributed by atoms with Gasteiger partial charge in [0.05, 0.1) is 24.4 Å². The average molecular weight is 304 g/mol. The minimum atomic E-state index is -0.351. The van der Waals surface area contributed by atoms with Crippen molar-refractivity contribution in [1.29, 1.82) is 0 Å². The van der Waals surface area contributed by atoms with Gasteiger partial charge in [-0.15, -0.1) is 0 Å². The molecule has 2 aliphatic rings. The number of pyridine rings is 1. The zero-order chi connectivity index (χ0) is 16.0. The number of hydrogen-bond acceptors (Lipinski definition) is 5. The fourth-order valence-electron chi connectivity index (χ4n) is 2.73. The van der Waals surface area contributed by atoms with E-state index in [1.54, 1.807) is 0 Å². The van der Waals surface area contributed by atoms with Gasteiger partial charge in [-0.1, -0.05) is 0 Å². The van der Waals surface area contributed by atoms with E-state index in [1.807, 2.05) is 6.20 Å². The van der Waals surface area contributed by atoms with Crippen molar-refractivity contribution in [3.05, 3.63) is 17.8 Å². The van der Waals surface area contributed by atoms with Crippen LogP contribution in [0.15, 0.2) is 12.3 Å². The maximum absolute atomic E-state index is 6.12. The molecule has 0 radical (unpaired) electrons. The number of anilines is 1. The third-order valence-corrected chi connectivity index (χ3v) is 4.98. The molecule has 1 aromatic rings. The summed E-state index contributed by atoms with van der Waals surface area (Å²) in [6, 6.07) is 2.12. The van der Waals surface area contributed by atoms with Gasteiger partial charge in [0.1, 0.15) is 5.82 Å². The van der Waals surface area contributed by atoms with E-state index in [9.17, 15) is 0 Å². The van der Waals surface area contributed by atoms with Gasteiger partial charge in [-0.3, -0.25) is 0 Å². The standard InChI is InChI=1S/C16H25BN2O3/c1-12-10-14(19-6-8-20-9-7-19)18-11-13(12)17-21-15(2,3)16(4,5)22-17/h10-11H,6-9H2,1-5H3. The van der Waals surface area contributed by atoms with Crippen molar-refractivity contribution in [1.82, 2.24) is 4.98 Å². The lowest BCUT2D eigenvalue weighted by atomic mass is 9.77. The molecule has 0 saturated carbocycles. The molecule has 0 amide bonds. The molecule has 0 spiro atoms. The number of hydrogen-bond donors (Lipinski definition) is 0. The van der Waals surface area contributed by atoms with Crippen molar-refractivity contribution >= 4 is 18.4 Å². The van der Waals surface area contributed by atoms with E-state index in [2.05, 4.69) is 50.6 Å². The van der Waals surface area contributed by atoms with E-state index in [1.165, 1.54) is 0 Å². The van der Waals surface area contributed by atoms with Crippen molar-refractivity contribution in [3.63, 3.8) is 0 Å². The highest BCUT2D eigenvalue weighted by Crippen LogP contribution is 2.36. The van der Waals surface area contributed by atoms with E-state index in [0.29, 0.717) is 0 Å². The summed E-state index contributed by atoms with van der Waals surface area (Å²) < 4.78 is 17.6. The molecule has 2 saturated heterocycles. The van der Waals surface area contributed by atoms with Crippen LogP contribution in [0.2, 0.25) is 0 Å². The van der Waals surface area contributed by atoms with Gasteiger partial charge in [-0.25, -0.2) is 4.98 Å². The Hall–Kier alpha value is -1.11. The molecule has 0 aliphatic carbocycles. The molecule has 22 heavy (non-hydrogen) atoms. The maximum atomic E-state index is 6.12. The van der Waals surface area contributed by atoms with Gasteiger partial charge in [0.2, 0.25) is 0 Å². The normalized spacial score (nSPS) is 23.9. The summed E-state index contributed by atoms with van der Waals surface area (Å²) in [7, 11) is -0.351. The monoisotopic (exact) mass is 304 g/mol. The molecule has 0 atom stereocenters. The second kappa shape index (κ2) is 5.51. The lowest BCUT2D eigenvalue weighted by molar-refractivity contribution is 0.00578. The summed E-state index contributed by atoms with van der Waals surface area (Å²) in [5.41, 5.74) is 1.51. The van der Waals surface area contributed by atoms with Crippen LogP contribution in [0.5, 0.6) is 0 Å². The number of ether oxygens (including phenoxy) is 1. The first-order valence-electron chi connectivity index (χ1n) is 7.95. The third kappa shape index (κ3) is 2.75. The van der Waals surface area contributed by atoms with E-state index >= 15 is 0 Å². The van der Waals surface area contributed by atoms with Crippen LogP contribution < -0.4 is 10.4 Å². The van der Waals surface area contributed by atoms with E-state index < -0.39 is 0 Å². The minimum Gasteiger partial charge on any atom is -0.399 e. The van der Waals surface area contributed by atoms with Gasteiger partial charge in [0.15, 0.2) is 0 Å². The fourth-order valence-corrected chi connectivity index (χ4v) is 2.73. The van der Waals surface area contributed by atoms with Gasteiger partial charge in [-0.05, 0) is 46.2 Å². The molecule has 3 rings (SSSR count). The predicted molar refractivity (Wildman–Crippen MR) is 87.7 cm³/mol. The van der Waals surface area contributed by atoms with Crippen LogP contribution in [0.3, 0.4) is 0 Å². The molecular weight excluding hydrogens is 279 g/mol. The Balaban J connectivity index is 1.81. The van der Waals surface area contributed by atoms with Crippen molar-refractivity contribution in [2.45, 2.75) is 45.8 Å². The van der Waals surface area contributed by atoms with Crippen molar-refractivity contribution < 1.29 is 14.0 Å². The van der Waals surface area contributed by atoms with Crippen LogP contribution in [0, 0.1) is 6.92 Å². The summed E-state index contributed by atoms with van der Waals surface area (Å²) in [6.07, 6.45) is 1.89. The first-order chi connectivity index (χ1) is 10.3. The van der Waals surface area contributed by atoms with Gasteiger partial charge in [0, 0.05) is 24.7 Å². The molecule has 0 unspecified atom stereocenters. The number of aryl methyl sites for hydroxylation is 1. The molecule has 0 bridgehead atoms. The SMILES string of the molecule is Cc1cc(N2CCOCC2)ncc1B1OC(C)(C)C(C)(C)O1. The highest BCUT2D eigenvalue weighted by Gasteiger charge is 2.52. The van der Waals surface area contributed by atoms with E-state index in [-0.39, 0.29) is 18.3 Å². The highest BCUT2D eigenvalue weighted by molar-refractivity contribution is 6.62. The minimum absolute atomic E-state index is 0.326. The van der Waals surface area contributed by atoms with Crippen molar-refractivity contribution in [2.75, 3.05) is 31.2 Å². The summed E-state index contributed by atoms with van der Waals surface area (Å²) in [5.74, 6) is 1.00. The van der Waals surface area contributed by atoms with Crippen LogP contribution in [-0.2, 0) is 14.0 Å². The summed E-state index contributed by atoms with van der Waals surface area (Å²) in [4.78, 5) is 6.87. The van der Waals surface area contributed by atoms with Crippen LogP contribution in [0.25, 0.3) is 0 Å². The van der Waals surface area contributed by atoms with Gasteiger partial charge in [-0.2, -0.15) is 0 Å². The molecule has 2 aliphatic heterocycles. The van der Waals surface area contributed by atoms with Crippen LogP contribution in [-0.4, -0.2) is 49.6 Å². The lowest BCUT2D eigenvalue weighted by Crippen LogP contribution is -2.41. The third-order valence-electron chi connectivity index (χ3n) is 4.98. The number of rotatable bonds is 2. The Labute approximate surface area is 133 Å². The highest BCUT2D eigenvalue weighted by atomic mass is 16.7. The molecule has 0 aromatic carbocycles. The van der Waals surface area contributed by atoms with Crippen LogP contribution in [0.1, 0.15) is 33.3 Å². The molecule has 2 fully saturated rings. The van der Waals surface area contributed by atoms with Crippen LogP contribution in [0.4, 0.5) is 5.82 Å². The Kier molecular flexibility index (Phi) is 3.95. The molecule has 5 nitrogen and oxygen atoms in total. The van der Waals surface area contributed by atoms with Gasteiger partial charge < -0.3 is 18.9 Å². The molecular formula is C16H25BN2O3. The average Bonchev–Trinajstić information content (AvgIpc) is 2.68. The second-order valence-corrected chi connectivity index (χ2v) is 7.09. The molecule has 0 N–H and O–H groups in total. The molecule has 3 heterocycles. The topological polar surface area (TPSA) is 43.8 Å². The first kappa shape index (κ1) is 15.8. The largest absolute Gasteiger partial charge is 0.496 e. The van der Waals surface area contributed by atoms with Crippen LogP contribution >= 0.6 is 0 Å². The Morgan fingerprint density at radius 1 is 1.09 bits per heavy atom. The number of aromatic nitrogens is 1. The van der Waals surface area contributed by atoms with E-state index in [4.69, 9.17) is 14.0 Å². The molecule has 6 heteroatoms. The second-order valence-electron chi connectivity index (χ2n) is 7.09. The lowest BCUT2D eigenvalue weighted by Gasteiger charge is -2.32. The first-order valence-corrected chi connectivity index (χ1v) is 7.95. The van der Waals surface area contributed by atoms with Crippen molar-refractivity contribution in [3.8, 4) is 0 Å². The summed E-state index contributed by atoms with van der Waals surface area (Å²) in [6.45, 7) is 13.7. The smallest absolute Gasteiger partial charge is 0.399 e. The van der Waals surface area contributed by atoms with Gasteiger partial charge in [0.25, 0.3) is 0 Å². The zero-order valence-electron chi connectivity index (χ0n) is 14.2. The Morgan fingerprint density at radius 3 is 2.23 bits per heavy atom. The number of morpholine rings is 1. The van der Waals surface area contributed by atoms with Gasteiger partial charge >= 0.3 is 7.12 Å². The predicted octanol–water partition coefficient (Wildman–Crippen LogP) is 1.53. The van der Waals surface area contributed by atoms with Crippen molar-refractivity contribution in [2.24, 2.45) is 0 Å². The summed E-state index contributed by atoms with van der Waals surface area (Å²) in [5, 5.41) is 0. The van der Waals surface area contributed by atoms with E-state index in [0.717, 1.165) is 43.1 Å². The zero-order valence-corrected chi connectivity index (χ0v) is 14.2. The fraction of sp³-hybridized carbons (Fsp3) is 0.688. The quantitative estimate of drug-likeness (QED) is 0.775. The summed E-state index contributed by atoms with van der Waals surface area (Å²) >= 11 is 0. The number of nitrogens with zero attached hydrogens (tertiary/aromatic N) is 2. The Morgan fingerprint density at radius 2 is 1.68 bits per heavy atom. The molecule has 1 aromatic heterocycles. The Bertz CT molecular complexity index is 540.